The van der Waals surface area contributed by atoms with Crippen molar-refractivity contribution in [2.45, 2.75) is 19.9 Å². The monoisotopic (exact) mass is 308 g/mol. The minimum Gasteiger partial charge on any atom is -0.496 e. The van der Waals surface area contributed by atoms with E-state index in [0.717, 1.165) is 16.7 Å². The number of nitrogens with zero attached hydrogens (tertiary/aromatic N) is 4. The highest BCUT2D eigenvalue weighted by molar-refractivity contribution is 5.77. The molecule has 0 atom stereocenters. The fourth-order valence-electron chi connectivity index (χ4n) is 2.23. The summed E-state index contributed by atoms with van der Waals surface area (Å²) in [5.74, 6) is 1.10. The van der Waals surface area contributed by atoms with E-state index in [-0.39, 0.29) is 6.04 Å². The number of anilines is 1. The number of aromatic nitrogens is 4. The SMILES string of the molecule is COc1[c]ccc(-c2cnc(N)c(-c3cn(C(C)C)nn3)c2)c1. The zero-order valence-corrected chi connectivity index (χ0v) is 13.3. The van der Waals surface area contributed by atoms with Crippen molar-refractivity contribution in [3.8, 4) is 28.1 Å². The fraction of sp³-hybridized carbons (Fsp3) is 0.235. The standard InChI is InChI=1S/C17H18N5O/c1-11(2)22-10-16(20-21-22)15-8-13(9-19-17(15)18)12-5-4-6-14(7-12)23-3/h4-5,7-11H,1-3H3,(H2,18,19). The molecule has 0 saturated carbocycles. The third kappa shape index (κ3) is 3.01. The van der Waals surface area contributed by atoms with Crippen LogP contribution >= 0.6 is 0 Å². The molecule has 2 heterocycles. The molecule has 0 aliphatic rings. The molecular formula is C17H18N5O. The second kappa shape index (κ2) is 6.08. The van der Waals surface area contributed by atoms with Gasteiger partial charge in [-0.2, -0.15) is 0 Å². The molecule has 1 aromatic carbocycles. The Morgan fingerprint density at radius 3 is 2.78 bits per heavy atom. The van der Waals surface area contributed by atoms with Gasteiger partial charge in [-0.05, 0) is 37.6 Å². The Morgan fingerprint density at radius 1 is 1.26 bits per heavy atom. The molecule has 6 nitrogen and oxygen atoms in total. The molecule has 0 saturated heterocycles. The van der Waals surface area contributed by atoms with Crippen LogP contribution in [0.4, 0.5) is 5.82 Å². The van der Waals surface area contributed by atoms with Crippen LogP contribution in [-0.4, -0.2) is 27.1 Å². The van der Waals surface area contributed by atoms with E-state index >= 15 is 0 Å². The summed E-state index contributed by atoms with van der Waals surface area (Å²) >= 11 is 0. The van der Waals surface area contributed by atoms with Crippen molar-refractivity contribution < 1.29 is 4.74 Å². The normalized spacial score (nSPS) is 11.0. The minimum atomic E-state index is 0.238. The maximum atomic E-state index is 6.02. The number of hydrogen-bond donors (Lipinski definition) is 1. The van der Waals surface area contributed by atoms with Crippen molar-refractivity contribution in [1.82, 2.24) is 20.0 Å². The molecule has 0 unspecified atom stereocenters. The van der Waals surface area contributed by atoms with Gasteiger partial charge >= 0.3 is 0 Å². The van der Waals surface area contributed by atoms with Crippen LogP contribution in [0.1, 0.15) is 19.9 Å². The first kappa shape index (κ1) is 15.0. The van der Waals surface area contributed by atoms with Gasteiger partial charge < -0.3 is 10.5 Å². The predicted octanol–water partition coefficient (Wildman–Crippen LogP) is 2.98. The molecule has 3 aromatic rings. The smallest absolute Gasteiger partial charge is 0.132 e. The highest BCUT2D eigenvalue weighted by Gasteiger charge is 2.12. The van der Waals surface area contributed by atoms with Crippen LogP contribution in [0.2, 0.25) is 0 Å². The number of methoxy groups -OCH3 is 1. The fourth-order valence-corrected chi connectivity index (χ4v) is 2.23. The van der Waals surface area contributed by atoms with Gasteiger partial charge in [-0.1, -0.05) is 11.3 Å². The van der Waals surface area contributed by atoms with E-state index in [9.17, 15) is 0 Å². The maximum Gasteiger partial charge on any atom is 0.132 e. The first-order valence-electron chi connectivity index (χ1n) is 7.32. The zero-order chi connectivity index (χ0) is 16.4. The summed E-state index contributed by atoms with van der Waals surface area (Å²) in [6.45, 7) is 4.09. The summed E-state index contributed by atoms with van der Waals surface area (Å²) in [4.78, 5) is 4.29. The molecule has 3 rings (SSSR count). The highest BCUT2D eigenvalue weighted by atomic mass is 16.5. The summed E-state index contributed by atoms with van der Waals surface area (Å²) in [6, 6.07) is 10.9. The van der Waals surface area contributed by atoms with Crippen molar-refractivity contribution in [2.24, 2.45) is 0 Å². The molecule has 6 heteroatoms. The molecule has 2 aromatic heterocycles. The number of pyridine rings is 1. The van der Waals surface area contributed by atoms with Crippen LogP contribution in [0.3, 0.4) is 0 Å². The number of rotatable bonds is 4. The summed E-state index contributed by atoms with van der Waals surface area (Å²) in [5, 5.41) is 8.32. The second-order valence-electron chi connectivity index (χ2n) is 5.48. The maximum absolute atomic E-state index is 6.02. The largest absolute Gasteiger partial charge is 0.496 e. The summed E-state index contributed by atoms with van der Waals surface area (Å²) in [7, 11) is 1.62. The van der Waals surface area contributed by atoms with Crippen molar-refractivity contribution in [3.05, 3.63) is 42.7 Å². The Labute approximate surface area is 134 Å². The van der Waals surface area contributed by atoms with Gasteiger partial charge in [0.15, 0.2) is 0 Å². The lowest BCUT2D eigenvalue weighted by molar-refractivity contribution is 0.414. The van der Waals surface area contributed by atoms with Crippen LogP contribution in [0.25, 0.3) is 22.4 Å². The van der Waals surface area contributed by atoms with E-state index in [1.54, 1.807) is 18.0 Å². The van der Waals surface area contributed by atoms with Crippen LogP contribution in [-0.2, 0) is 0 Å². The lowest BCUT2D eigenvalue weighted by Crippen LogP contribution is -2.00. The molecule has 0 aliphatic carbocycles. The van der Waals surface area contributed by atoms with Crippen molar-refractivity contribution in [3.63, 3.8) is 0 Å². The van der Waals surface area contributed by atoms with Crippen molar-refractivity contribution in [1.29, 1.82) is 0 Å². The van der Waals surface area contributed by atoms with E-state index in [2.05, 4.69) is 21.4 Å². The molecular weight excluding hydrogens is 290 g/mol. The molecule has 1 radical (unpaired) electrons. The molecule has 2 N–H and O–H groups in total. The van der Waals surface area contributed by atoms with Crippen molar-refractivity contribution in [2.75, 3.05) is 12.8 Å². The van der Waals surface area contributed by atoms with Crippen LogP contribution < -0.4 is 10.5 Å². The number of ether oxygens (including phenoxy) is 1. The first-order valence-corrected chi connectivity index (χ1v) is 7.32. The lowest BCUT2D eigenvalue weighted by Gasteiger charge is -2.07. The Balaban J connectivity index is 2.04. The molecule has 23 heavy (non-hydrogen) atoms. The zero-order valence-electron chi connectivity index (χ0n) is 13.3. The third-order valence-corrected chi connectivity index (χ3v) is 3.56. The molecule has 0 aliphatic heterocycles. The third-order valence-electron chi connectivity index (χ3n) is 3.56. The molecule has 0 amide bonds. The van der Waals surface area contributed by atoms with Gasteiger partial charge in [0.1, 0.15) is 17.3 Å². The average Bonchev–Trinajstić information content (AvgIpc) is 3.05. The van der Waals surface area contributed by atoms with Crippen LogP contribution in [0, 0.1) is 6.07 Å². The summed E-state index contributed by atoms with van der Waals surface area (Å²) in [5.41, 5.74) is 9.40. The second-order valence-corrected chi connectivity index (χ2v) is 5.48. The number of benzene rings is 1. The number of nitrogens with two attached hydrogens (primary N) is 1. The van der Waals surface area contributed by atoms with Gasteiger partial charge in [0.25, 0.3) is 0 Å². The lowest BCUT2D eigenvalue weighted by atomic mass is 10.0. The Kier molecular flexibility index (Phi) is 3.97. The molecule has 117 valence electrons. The Bertz CT molecular complexity index is 825. The summed E-state index contributed by atoms with van der Waals surface area (Å²) in [6.07, 6.45) is 3.61. The van der Waals surface area contributed by atoms with Gasteiger partial charge in [0, 0.05) is 29.4 Å². The minimum absolute atomic E-state index is 0.238. The van der Waals surface area contributed by atoms with E-state index < -0.39 is 0 Å². The average molecular weight is 308 g/mol. The van der Waals surface area contributed by atoms with Gasteiger partial charge in [-0.15, -0.1) is 5.10 Å². The quantitative estimate of drug-likeness (QED) is 0.801. The molecule has 0 fully saturated rings. The molecule has 0 spiro atoms. The van der Waals surface area contributed by atoms with Gasteiger partial charge in [0.2, 0.25) is 0 Å². The topological polar surface area (TPSA) is 78.9 Å². The van der Waals surface area contributed by atoms with E-state index in [0.29, 0.717) is 17.3 Å². The highest BCUT2D eigenvalue weighted by Crippen LogP contribution is 2.29. The predicted molar refractivity (Wildman–Crippen MR) is 88.9 cm³/mol. The van der Waals surface area contributed by atoms with Gasteiger partial charge in [-0.25, -0.2) is 9.67 Å². The van der Waals surface area contributed by atoms with Gasteiger partial charge in [0.05, 0.1) is 13.3 Å². The Hall–Kier alpha value is -2.89. The van der Waals surface area contributed by atoms with Gasteiger partial charge in [-0.3, -0.25) is 0 Å². The van der Waals surface area contributed by atoms with Crippen molar-refractivity contribution >= 4 is 5.82 Å². The first-order chi connectivity index (χ1) is 11.1. The van der Waals surface area contributed by atoms with E-state index in [4.69, 9.17) is 10.5 Å². The van der Waals surface area contributed by atoms with Crippen LogP contribution in [0.5, 0.6) is 5.75 Å². The number of hydrogen-bond acceptors (Lipinski definition) is 5. The van der Waals surface area contributed by atoms with Crippen LogP contribution in [0.15, 0.2) is 36.7 Å². The summed E-state index contributed by atoms with van der Waals surface area (Å²) < 4.78 is 7.01. The molecule has 0 bridgehead atoms. The van der Waals surface area contributed by atoms with E-state index in [1.807, 2.05) is 44.3 Å². The Morgan fingerprint density at radius 2 is 2.09 bits per heavy atom. The number of nitrogen functional groups attached to an aromatic ring is 1. The van der Waals surface area contributed by atoms with E-state index in [1.165, 1.54) is 0 Å².